The van der Waals surface area contributed by atoms with Crippen molar-refractivity contribution in [3.05, 3.63) is 52.7 Å². The van der Waals surface area contributed by atoms with E-state index in [4.69, 9.17) is 25.8 Å². The van der Waals surface area contributed by atoms with Crippen molar-refractivity contribution in [2.45, 2.75) is 24.8 Å². The number of rotatable bonds is 7. The molecule has 1 atom stereocenters. The number of hydrogen-bond acceptors (Lipinski definition) is 7. The number of methoxy groups -OCH3 is 1. The molecule has 3 heterocycles. The van der Waals surface area contributed by atoms with Gasteiger partial charge in [0.1, 0.15) is 17.9 Å². The highest BCUT2D eigenvalue weighted by Gasteiger charge is 2.32. The maximum atomic E-state index is 12.3. The van der Waals surface area contributed by atoms with Crippen molar-refractivity contribution in [3.8, 4) is 11.6 Å². The van der Waals surface area contributed by atoms with Gasteiger partial charge in [-0.3, -0.25) is 4.79 Å². The highest BCUT2D eigenvalue weighted by molar-refractivity contribution is 6.31. The Morgan fingerprint density at radius 2 is 2.09 bits per heavy atom. The van der Waals surface area contributed by atoms with Gasteiger partial charge in [0.05, 0.1) is 13.2 Å². The minimum absolute atomic E-state index is 0.0633. The van der Waals surface area contributed by atoms with E-state index in [0.717, 1.165) is 5.56 Å². The van der Waals surface area contributed by atoms with Crippen LogP contribution in [0.4, 0.5) is 4.79 Å². The van der Waals surface area contributed by atoms with E-state index in [1.165, 1.54) is 13.2 Å². The largest absolute Gasteiger partial charge is 0.465 e. The summed E-state index contributed by atoms with van der Waals surface area (Å²) in [6.45, 7) is 1.56. The summed E-state index contributed by atoms with van der Waals surface area (Å²) >= 11 is 5.96. The first-order valence-corrected chi connectivity index (χ1v) is 10.5. The fourth-order valence-electron chi connectivity index (χ4n) is 3.60. The van der Waals surface area contributed by atoms with Crippen LogP contribution in [0.5, 0.6) is 11.6 Å². The van der Waals surface area contributed by atoms with Gasteiger partial charge in [0.25, 0.3) is 0 Å². The zero-order chi connectivity index (χ0) is 22.7. The number of ether oxygens (including phenoxy) is 3. The van der Waals surface area contributed by atoms with Crippen LogP contribution in [0.3, 0.4) is 0 Å². The normalized spacial score (nSPS) is 17.9. The van der Waals surface area contributed by atoms with Gasteiger partial charge in [-0.25, -0.2) is 14.6 Å². The highest BCUT2D eigenvalue weighted by Crippen LogP contribution is 2.31. The van der Waals surface area contributed by atoms with E-state index in [2.05, 4.69) is 10.3 Å². The molecular weight excluding hydrogens is 438 g/mol. The van der Waals surface area contributed by atoms with E-state index >= 15 is 0 Å². The maximum Gasteiger partial charge on any atom is 0.407 e. The first-order chi connectivity index (χ1) is 15.4. The number of cyclic esters (lactones) is 1. The maximum absolute atomic E-state index is 12.3. The number of amides is 2. The lowest BCUT2D eigenvalue weighted by Crippen LogP contribution is -2.48. The number of esters is 1. The van der Waals surface area contributed by atoms with E-state index < -0.39 is 12.1 Å². The van der Waals surface area contributed by atoms with Gasteiger partial charge in [-0.1, -0.05) is 17.7 Å². The van der Waals surface area contributed by atoms with Crippen molar-refractivity contribution in [3.63, 3.8) is 0 Å². The number of alkyl carbamates (subject to hydrolysis) is 1. The third kappa shape index (κ3) is 4.94. The van der Waals surface area contributed by atoms with Crippen LogP contribution in [-0.4, -0.2) is 60.7 Å². The third-order valence-corrected chi connectivity index (χ3v) is 5.71. The van der Waals surface area contributed by atoms with E-state index in [1.807, 2.05) is 6.07 Å². The molecule has 2 fully saturated rings. The molecule has 0 bridgehead atoms. The van der Waals surface area contributed by atoms with Gasteiger partial charge in [-0.15, -0.1) is 0 Å². The van der Waals surface area contributed by atoms with E-state index in [0.29, 0.717) is 49.2 Å². The fraction of sp³-hybridized carbons (Fsp3) is 0.364. The number of benzene rings is 1. The molecule has 1 N–H and O–H groups in total. The summed E-state index contributed by atoms with van der Waals surface area (Å²) in [5.41, 5.74) is 1.21. The average molecular weight is 460 g/mol. The Balaban J connectivity index is 1.29. The second-order valence-corrected chi connectivity index (χ2v) is 8.07. The van der Waals surface area contributed by atoms with Crippen LogP contribution in [0.2, 0.25) is 5.02 Å². The Hall–Kier alpha value is -3.33. The molecule has 0 spiro atoms. The van der Waals surface area contributed by atoms with Crippen LogP contribution in [0.15, 0.2) is 36.5 Å². The van der Waals surface area contributed by atoms with Gasteiger partial charge in [0, 0.05) is 42.7 Å². The van der Waals surface area contributed by atoms with Gasteiger partial charge >= 0.3 is 12.1 Å². The van der Waals surface area contributed by atoms with Gasteiger partial charge in [-0.05, 0) is 30.2 Å². The molecule has 1 aromatic carbocycles. The number of likely N-dealkylation sites (tertiary alicyclic amines) is 1. The SMILES string of the molecule is COC(=O)c1cc(Cl)ccc1Oc1ccc(C2CN(C(=O)CC[C@@H]3COC(=O)N3)C2)cn1. The van der Waals surface area contributed by atoms with Crippen molar-refractivity contribution < 1.29 is 28.6 Å². The number of carbonyl (C=O) groups excluding carboxylic acids is 3. The Morgan fingerprint density at radius 1 is 1.28 bits per heavy atom. The molecule has 0 aliphatic carbocycles. The Bertz CT molecular complexity index is 1020. The van der Waals surface area contributed by atoms with E-state index in [-0.39, 0.29) is 23.4 Å². The molecule has 9 nitrogen and oxygen atoms in total. The third-order valence-electron chi connectivity index (χ3n) is 5.47. The van der Waals surface area contributed by atoms with Crippen LogP contribution >= 0.6 is 11.6 Å². The fourth-order valence-corrected chi connectivity index (χ4v) is 3.77. The molecule has 0 radical (unpaired) electrons. The van der Waals surface area contributed by atoms with Crippen molar-refractivity contribution >= 4 is 29.6 Å². The van der Waals surface area contributed by atoms with Crippen molar-refractivity contribution in [2.24, 2.45) is 0 Å². The van der Waals surface area contributed by atoms with Crippen molar-refractivity contribution in [2.75, 3.05) is 26.8 Å². The lowest BCUT2D eigenvalue weighted by atomic mass is 9.92. The minimum atomic E-state index is -0.554. The summed E-state index contributed by atoms with van der Waals surface area (Å²) in [4.78, 5) is 41.4. The zero-order valence-electron chi connectivity index (χ0n) is 17.4. The standard InChI is InChI=1S/C22H22ClN3O6/c1-30-21(28)17-8-15(23)3-5-18(17)32-19-6-2-13(9-24-19)14-10-26(11-14)20(27)7-4-16-12-31-22(29)25-16/h2-3,5-6,8-9,14,16H,4,7,10-12H2,1H3,(H,25,29)/t16-/m1/s1. The second kappa shape index (κ2) is 9.44. The molecule has 2 amide bonds. The average Bonchev–Trinajstić information content (AvgIpc) is 3.18. The molecule has 32 heavy (non-hydrogen) atoms. The van der Waals surface area contributed by atoms with Crippen molar-refractivity contribution in [1.29, 1.82) is 0 Å². The van der Waals surface area contributed by atoms with Crippen LogP contribution in [0.1, 0.15) is 34.7 Å². The molecule has 10 heteroatoms. The lowest BCUT2D eigenvalue weighted by Gasteiger charge is -2.39. The molecule has 0 saturated carbocycles. The minimum Gasteiger partial charge on any atom is -0.465 e. The topological polar surface area (TPSA) is 107 Å². The number of pyridine rings is 1. The summed E-state index contributed by atoms with van der Waals surface area (Å²) in [7, 11) is 1.29. The lowest BCUT2D eigenvalue weighted by molar-refractivity contribution is -0.135. The number of carbonyl (C=O) groups is 3. The van der Waals surface area contributed by atoms with Crippen LogP contribution < -0.4 is 10.1 Å². The van der Waals surface area contributed by atoms with Crippen LogP contribution in [-0.2, 0) is 14.3 Å². The first kappa shape index (κ1) is 21.9. The zero-order valence-corrected chi connectivity index (χ0v) is 18.1. The molecule has 168 valence electrons. The molecule has 1 aromatic heterocycles. The van der Waals surface area contributed by atoms with Gasteiger partial charge in [-0.2, -0.15) is 0 Å². The molecule has 4 rings (SSSR count). The Morgan fingerprint density at radius 3 is 2.75 bits per heavy atom. The van der Waals surface area contributed by atoms with Crippen LogP contribution in [0.25, 0.3) is 0 Å². The number of hydrogen-bond donors (Lipinski definition) is 1. The van der Waals surface area contributed by atoms with Gasteiger partial charge in [0.2, 0.25) is 11.8 Å². The summed E-state index contributed by atoms with van der Waals surface area (Å²) in [6, 6.07) is 8.20. The summed E-state index contributed by atoms with van der Waals surface area (Å²) < 4.78 is 15.3. The molecule has 2 saturated heterocycles. The van der Waals surface area contributed by atoms with Crippen LogP contribution in [0, 0.1) is 0 Å². The molecular formula is C22H22ClN3O6. The number of nitrogens with one attached hydrogen (secondary N) is 1. The molecule has 2 aliphatic heterocycles. The van der Waals surface area contributed by atoms with E-state index in [1.54, 1.807) is 29.3 Å². The van der Waals surface area contributed by atoms with Gasteiger partial charge < -0.3 is 24.4 Å². The summed E-state index contributed by atoms with van der Waals surface area (Å²) in [6.07, 6.45) is 2.22. The predicted octanol–water partition coefficient (Wildman–Crippen LogP) is 3.13. The smallest absolute Gasteiger partial charge is 0.407 e. The Labute approximate surface area is 189 Å². The molecule has 0 unspecified atom stereocenters. The number of halogens is 1. The Kier molecular flexibility index (Phi) is 6.45. The first-order valence-electron chi connectivity index (χ1n) is 10.2. The number of aromatic nitrogens is 1. The second-order valence-electron chi connectivity index (χ2n) is 7.64. The highest BCUT2D eigenvalue weighted by atomic mass is 35.5. The molecule has 2 aromatic rings. The molecule has 2 aliphatic rings. The van der Waals surface area contributed by atoms with E-state index in [9.17, 15) is 14.4 Å². The monoisotopic (exact) mass is 459 g/mol. The summed E-state index contributed by atoms with van der Waals surface area (Å²) in [5.74, 6) is 0.339. The van der Waals surface area contributed by atoms with Crippen molar-refractivity contribution in [1.82, 2.24) is 15.2 Å². The quantitative estimate of drug-likeness (QED) is 0.634. The van der Waals surface area contributed by atoms with Gasteiger partial charge in [0.15, 0.2) is 0 Å². The summed E-state index contributed by atoms with van der Waals surface area (Å²) in [5, 5.41) is 3.07. The predicted molar refractivity (Wildman–Crippen MR) is 114 cm³/mol. The number of nitrogens with zero attached hydrogens (tertiary/aromatic N) is 2.